The highest BCUT2D eigenvalue weighted by molar-refractivity contribution is 7.99. The second kappa shape index (κ2) is 4.17. The monoisotopic (exact) mass is 268 g/mol. The van der Waals surface area contributed by atoms with Gasteiger partial charge in [-0.15, -0.1) is 0 Å². The molecule has 3 heterocycles. The van der Waals surface area contributed by atoms with E-state index in [0.717, 1.165) is 28.3 Å². The molecule has 3 rings (SSSR count). The topological polar surface area (TPSA) is 38.5 Å². The quantitative estimate of drug-likeness (QED) is 0.851. The van der Waals surface area contributed by atoms with E-state index in [4.69, 9.17) is 12.2 Å². The molecule has 0 bridgehead atoms. The van der Waals surface area contributed by atoms with Crippen LogP contribution >= 0.6 is 24.0 Å². The Bertz CT molecular complexity index is 601. The number of rotatable bonds is 2. The molecule has 1 N–H and O–H groups in total. The highest BCUT2D eigenvalue weighted by atomic mass is 32.2. The van der Waals surface area contributed by atoms with Crippen LogP contribution in [0.5, 0.6) is 0 Å². The molecule has 0 saturated carbocycles. The van der Waals surface area contributed by atoms with E-state index in [1.165, 1.54) is 17.8 Å². The summed E-state index contributed by atoms with van der Waals surface area (Å²) in [5.41, 5.74) is 3.31. The smallest absolute Gasteiger partial charge is 0.179 e. The first-order chi connectivity index (χ1) is 8.22. The molecule has 1 aliphatic rings. The fourth-order valence-corrected chi connectivity index (χ4v) is 4.04. The zero-order chi connectivity index (χ0) is 12.0. The van der Waals surface area contributed by atoms with Crippen molar-refractivity contribution in [2.75, 3.05) is 11.5 Å². The third-order valence-electron chi connectivity index (χ3n) is 3.35. The molecule has 0 radical (unpaired) electrons. The van der Waals surface area contributed by atoms with E-state index in [2.05, 4.69) is 26.3 Å². The minimum atomic E-state index is 0.530. The van der Waals surface area contributed by atoms with Crippen molar-refractivity contribution < 1.29 is 0 Å². The van der Waals surface area contributed by atoms with Gasteiger partial charge in [-0.1, -0.05) is 0 Å². The van der Waals surface area contributed by atoms with E-state index in [1.807, 2.05) is 18.7 Å². The van der Waals surface area contributed by atoms with Crippen LogP contribution in [0.4, 0.5) is 0 Å². The van der Waals surface area contributed by atoms with Gasteiger partial charge in [0, 0.05) is 18.3 Å². The van der Waals surface area contributed by atoms with Crippen LogP contribution in [0.3, 0.4) is 0 Å². The predicted octanol–water partition coefficient (Wildman–Crippen LogP) is 2.90. The molecule has 1 saturated heterocycles. The second-order valence-corrected chi connectivity index (χ2v) is 5.95. The summed E-state index contributed by atoms with van der Waals surface area (Å²) >= 11 is 7.47. The molecular formula is C11H16N4S2. The van der Waals surface area contributed by atoms with Crippen LogP contribution in [0.25, 0.3) is 11.2 Å². The number of thioether (sulfide) groups is 1. The van der Waals surface area contributed by atoms with Gasteiger partial charge in [-0.05, 0) is 38.2 Å². The van der Waals surface area contributed by atoms with E-state index in [9.17, 15) is 0 Å². The Morgan fingerprint density at radius 1 is 1.59 bits per heavy atom. The molecule has 1 unspecified atom stereocenters. The van der Waals surface area contributed by atoms with Crippen LogP contribution in [0, 0.1) is 11.7 Å². The Hall–Kier alpha value is -0.750. The van der Waals surface area contributed by atoms with Crippen LogP contribution in [-0.2, 0) is 6.54 Å². The molecule has 1 aliphatic heterocycles. The van der Waals surface area contributed by atoms with E-state index in [0.29, 0.717) is 6.04 Å². The van der Waals surface area contributed by atoms with Crippen LogP contribution in [0.1, 0.15) is 25.1 Å². The first kappa shape index (κ1) is 11.3. The van der Waals surface area contributed by atoms with Gasteiger partial charge >= 0.3 is 0 Å². The summed E-state index contributed by atoms with van der Waals surface area (Å²) in [6.07, 6.45) is 1.21. The normalized spacial score (nSPS) is 20.5. The van der Waals surface area contributed by atoms with E-state index in [1.54, 1.807) is 0 Å². The fraction of sp³-hybridized carbons (Fsp3) is 0.636. The van der Waals surface area contributed by atoms with Gasteiger partial charge < -0.3 is 4.98 Å². The van der Waals surface area contributed by atoms with Gasteiger partial charge in [-0.3, -0.25) is 4.57 Å². The molecule has 1 fully saturated rings. The number of aromatic amines is 1. The molecule has 6 heteroatoms. The van der Waals surface area contributed by atoms with Crippen molar-refractivity contribution in [2.45, 2.75) is 32.9 Å². The third kappa shape index (κ3) is 1.65. The lowest BCUT2D eigenvalue weighted by Gasteiger charge is -2.12. The Morgan fingerprint density at radius 2 is 2.41 bits per heavy atom. The van der Waals surface area contributed by atoms with Crippen molar-refractivity contribution in [3.63, 3.8) is 0 Å². The summed E-state index contributed by atoms with van der Waals surface area (Å²) in [5, 5.41) is 4.55. The first-order valence-corrected chi connectivity index (χ1v) is 7.54. The third-order valence-corrected chi connectivity index (χ3v) is 4.79. The highest BCUT2D eigenvalue weighted by Gasteiger charge is 2.23. The Balaban J connectivity index is 2.28. The van der Waals surface area contributed by atoms with Gasteiger partial charge in [-0.2, -0.15) is 16.9 Å². The number of hydrogen-bond donors (Lipinski definition) is 1. The number of nitrogens with one attached hydrogen (secondary N) is 1. The highest BCUT2D eigenvalue weighted by Crippen LogP contribution is 2.31. The fourth-order valence-electron chi connectivity index (χ4n) is 2.51. The van der Waals surface area contributed by atoms with Gasteiger partial charge in [0.05, 0.1) is 5.69 Å². The van der Waals surface area contributed by atoms with Crippen LogP contribution in [0.15, 0.2) is 0 Å². The summed E-state index contributed by atoms with van der Waals surface area (Å²) < 4.78 is 5.17. The Kier molecular flexibility index (Phi) is 2.78. The van der Waals surface area contributed by atoms with Gasteiger partial charge in [0.2, 0.25) is 0 Å². The van der Waals surface area contributed by atoms with E-state index >= 15 is 0 Å². The van der Waals surface area contributed by atoms with Crippen molar-refractivity contribution >= 4 is 35.1 Å². The van der Waals surface area contributed by atoms with Crippen LogP contribution < -0.4 is 0 Å². The lowest BCUT2D eigenvalue weighted by molar-refractivity contribution is 0.543. The second-order valence-electron chi connectivity index (χ2n) is 4.42. The van der Waals surface area contributed by atoms with Gasteiger partial charge in [0.15, 0.2) is 10.4 Å². The van der Waals surface area contributed by atoms with Gasteiger partial charge in [-0.25, -0.2) is 4.68 Å². The maximum Gasteiger partial charge on any atom is 0.179 e. The summed E-state index contributed by atoms with van der Waals surface area (Å²) in [5.74, 6) is 2.40. The van der Waals surface area contributed by atoms with Crippen molar-refractivity contribution in [1.82, 2.24) is 19.3 Å². The van der Waals surface area contributed by atoms with Crippen LogP contribution in [-0.4, -0.2) is 30.8 Å². The average molecular weight is 268 g/mol. The zero-order valence-corrected chi connectivity index (χ0v) is 11.7. The zero-order valence-electron chi connectivity index (χ0n) is 10.1. The lowest BCUT2D eigenvalue weighted by Crippen LogP contribution is -2.11. The molecule has 0 amide bonds. The number of aromatic nitrogens is 4. The molecule has 2 aromatic rings. The van der Waals surface area contributed by atoms with Crippen molar-refractivity contribution in [2.24, 2.45) is 0 Å². The largest absolute Gasteiger partial charge is 0.328 e. The number of hydrogen-bond acceptors (Lipinski definition) is 3. The van der Waals surface area contributed by atoms with Gasteiger partial charge in [0.1, 0.15) is 5.52 Å². The minimum absolute atomic E-state index is 0.530. The molecule has 2 aromatic heterocycles. The maximum absolute atomic E-state index is 5.47. The van der Waals surface area contributed by atoms with E-state index < -0.39 is 0 Å². The summed E-state index contributed by atoms with van der Waals surface area (Å²) in [6.45, 7) is 5.04. The molecule has 17 heavy (non-hydrogen) atoms. The summed E-state index contributed by atoms with van der Waals surface area (Å²) in [7, 11) is 0. The molecule has 92 valence electrons. The molecule has 0 spiro atoms. The van der Waals surface area contributed by atoms with Crippen molar-refractivity contribution in [3.05, 3.63) is 10.5 Å². The SMILES string of the molecule is CCn1nc(C)c2[nH]c(=S)n(C3CCSC3)c21. The molecule has 0 aromatic carbocycles. The van der Waals surface area contributed by atoms with Gasteiger partial charge in [0.25, 0.3) is 0 Å². The predicted molar refractivity (Wildman–Crippen MR) is 74.3 cm³/mol. The number of fused-ring (bicyclic) bond motifs is 1. The number of H-pyrrole nitrogens is 1. The maximum atomic E-state index is 5.47. The average Bonchev–Trinajstić information content (AvgIpc) is 2.97. The molecular weight excluding hydrogens is 252 g/mol. The van der Waals surface area contributed by atoms with Crippen LogP contribution in [0.2, 0.25) is 0 Å². The molecule has 0 aliphatic carbocycles. The van der Waals surface area contributed by atoms with Crippen molar-refractivity contribution in [1.29, 1.82) is 0 Å². The lowest BCUT2D eigenvalue weighted by atomic mass is 10.2. The Labute approximate surface area is 109 Å². The first-order valence-electron chi connectivity index (χ1n) is 5.97. The molecule has 4 nitrogen and oxygen atoms in total. The number of aryl methyl sites for hydroxylation is 2. The standard InChI is InChI=1S/C11H16N4S2/c1-3-14-10-9(7(2)13-14)12-11(16)15(10)8-4-5-17-6-8/h8H,3-6H2,1-2H3,(H,12,16). The minimum Gasteiger partial charge on any atom is -0.328 e. The summed E-state index contributed by atoms with van der Waals surface area (Å²) in [4.78, 5) is 3.31. The molecule has 1 atom stereocenters. The Morgan fingerprint density at radius 3 is 3.06 bits per heavy atom. The number of imidazole rings is 1. The number of nitrogens with zero attached hydrogens (tertiary/aromatic N) is 3. The van der Waals surface area contributed by atoms with E-state index in [-0.39, 0.29) is 0 Å². The van der Waals surface area contributed by atoms with Crippen molar-refractivity contribution in [3.8, 4) is 0 Å². The summed E-state index contributed by atoms with van der Waals surface area (Å²) in [6, 6.07) is 0.530.